The Kier molecular flexibility index (Phi) is 11.6. The molecule has 7 nitrogen and oxygen atoms in total. The van der Waals surface area contributed by atoms with Crippen molar-refractivity contribution in [3.63, 3.8) is 0 Å². The van der Waals surface area contributed by atoms with E-state index in [0.717, 1.165) is 42.0 Å². The van der Waals surface area contributed by atoms with E-state index in [2.05, 4.69) is 21.2 Å². The number of rotatable bonds is 11. The SMILES string of the molecule is CCC(C(=O)NC1CCCCC1)N(Cc1ccc(Cl)cc1Cl)C(=O)CN(c1cccc(Br)c1)S(=O)(=O)c1ccc(C)cc1. The van der Waals surface area contributed by atoms with E-state index in [1.54, 1.807) is 54.6 Å². The van der Waals surface area contributed by atoms with Crippen LogP contribution in [0.1, 0.15) is 56.6 Å². The van der Waals surface area contributed by atoms with Crippen LogP contribution in [0, 0.1) is 6.92 Å². The molecule has 0 spiro atoms. The highest BCUT2D eigenvalue weighted by Gasteiger charge is 2.34. The van der Waals surface area contributed by atoms with E-state index in [9.17, 15) is 18.0 Å². The summed E-state index contributed by atoms with van der Waals surface area (Å²) in [4.78, 5) is 29.4. The number of halogens is 3. The minimum atomic E-state index is -4.16. The predicted molar refractivity (Wildman–Crippen MR) is 176 cm³/mol. The van der Waals surface area contributed by atoms with Crippen molar-refractivity contribution < 1.29 is 18.0 Å². The smallest absolute Gasteiger partial charge is 0.264 e. The second kappa shape index (κ2) is 14.9. The minimum absolute atomic E-state index is 0.00231. The molecule has 1 fully saturated rings. The summed E-state index contributed by atoms with van der Waals surface area (Å²) >= 11 is 16.1. The largest absolute Gasteiger partial charge is 0.352 e. The van der Waals surface area contributed by atoms with Crippen molar-refractivity contribution in [1.82, 2.24) is 10.2 Å². The molecular weight excluding hydrogens is 673 g/mol. The highest BCUT2D eigenvalue weighted by atomic mass is 79.9. The van der Waals surface area contributed by atoms with Crippen LogP contribution in [-0.2, 0) is 26.2 Å². The molecule has 1 aliphatic carbocycles. The maximum atomic E-state index is 14.3. The topological polar surface area (TPSA) is 86.8 Å². The summed E-state index contributed by atoms with van der Waals surface area (Å²) in [5, 5.41) is 3.94. The number of benzene rings is 3. The van der Waals surface area contributed by atoms with Crippen LogP contribution < -0.4 is 9.62 Å². The van der Waals surface area contributed by atoms with E-state index in [-0.39, 0.29) is 23.4 Å². The van der Waals surface area contributed by atoms with Crippen molar-refractivity contribution in [2.24, 2.45) is 0 Å². The number of carbonyl (C=O) groups is 2. The third-order valence-corrected chi connectivity index (χ3v) is 10.5. The predicted octanol–water partition coefficient (Wildman–Crippen LogP) is 7.52. The molecule has 1 unspecified atom stereocenters. The van der Waals surface area contributed by atoms with Crippen molar-refractivity contribution >= 4 is 66.7 Å². The molecule has 1 saturated carbocycles. The fourth-order valence-electron chi connectivity index (χ4n) is 5.29. The fourth-order valence-corrected chi connectivity index (χ4v) is 7.56. The van der Waals surface area contributed by atoms with Gasteiger partial charge in [0.1, 0.15) is 12.6 Å². The number of sulfonamides is 1. The molecule has 0 saturated heterocycles. The van der Waals surface area contributed by atoms with Crippen LogP contribution in [0.25, 0.3) is 0 Å². The summed E-state index contributed by atoms with van der Waals surface area (Å²) in [6.45, 7) is 3.19. The van der Waals surface area contributed by atoms with Crippen molar-refractivity contribution in [3.05, 3.63) is 92.4 Å². The van der Waals surface area contributed by atoms with Crippen LogP contribution in [-0.4, -0.2) is 43.8 Å². The van der Waals surface area contributed by atoms with Crippen molar-refractivity contribution in [2.45, 2.75) is 75.9 Å². The molecule has 0 radical (unpaired) electrons. The van der Waals surface area contributed by atoms with Gasteiger partial charge in [-0.3, -0.25) is 13.9 Å². The van der Waals surface area contributed by atoms with Gasteiger partial charge in [0.25, 0.3) is 10.0 Å². The highest BCUT2D eigenvalue weighted by Crippen LogP contribution is 2.29. The van der Waals surface area contributed by atoms with Crippen LogP contribution in [0.4, 0.5) is 5.69 Å². The number of carbonyl (C=O) groups excluding carboxylic acids is 2. The standard InChI is InChI=1S/C32H36BrCl2N3O4S/c1-3-30(32(40)36-26-9-5-4-6-10-26)37(20-23-14-15-25(34)19-29(23)35)31(39)21-38(27-11-7-8-24(33)18-27)43(41,42)28-16-12-22(2)13-17-28/h7-8,11-19,26,30H,3-6,9-10,20-21H2,1-2H3,(H,36,40). The van der Waals surface area contributed by atoms with Crippen LogP contribution in [0.15, 0.2) is 76.1 Å². The van der Waals surface area contributed by atoms with Gasteiger partial charge in [-0.2, -0.15) is 0 Å². The van der Waals surface area contributed by atoms with E-state index >= 15 is 0 Å². The summed E-state index contributed by atoms with van der Waals surface area (Å²) < 4.78 is 29.8. The first-order valence-electron chi connectivity index (χ1n) is 14.4. The first kappa shape index (κ1) is 33.3. The Balaban J connectivity index is 1.73. The zero-order chi connectivity index (χ0) is 31.1. The lowest BCUT2D eigenvalue weighted by Crippen LogP contribution is -2.54. The third-order valence-electron chi connectivity index (χ3n) is 7.68. The molecule has 4 rings (SSSR count). The number of hydrogen-bond acceptors (Lipinski definition) is 4. The van der Waals surface area contributed by atoms with E-state index in [1.807, 2.05) is 13.8 Å². The third kappa shape index (κ3) is 8.53. The first-order chi connectivity index (χ1) is 20.5. The Morgan fingerprint density at radius 1 is 1.00 bits per heavy atom. The maximum absolute atomic E-state index is 14.3. The Morgan fingerprint density at radius 2 is 1.70 bits per heavy atom. The van der Waals surface area contributed by atoms with Crippen LogP contribution in [0.3, 0.4) is 0 Å². The molecule has 0 bridgehead atoms. The summed E-state index contributed by atoms with van der Waals surface area (Å²) in [6.07, 6.45) is 5.35. The van der Waals surface area contributed by atoms with Crippen LogP contribution in [0.2, 0.25) is 10.0 Å². The Bertz CT molecular complexity index is 1550. The van der Waals surface area contributed by atoms with E-state index < -0.39 is 28.5 Å². The summed E-state index contributed by atoms with van der Waals surface area (Å²) in [6, 6.07) is 17.4. The first-order valence-corrected chi connectivity index (χ1v) is 17.4. The molecule has 0 aromatic heterocycles. The average molecular weight is 710 g/mol. The number of hydrogen-bond donors (Lipinski definition) is 1. The van der Waals surface area contributed by atoms with E-state index in [1.165, 1.54) is 17.0 Å². The second-order valence-corrected chi connectivity index (χ2v) is 14.5. The molecule has 1 N–H and O–H groups in total. The second-order valence-electron chi connectivity index (χ2n) is 10.8. The zero-order valence-corrected chi connectivity index (χ0v) is 28.1. The van der Waals surface area contributed by atoms with Gasteiger partial charge in [0.2, 0.25) is 11.8 Å². The number of aryl methyl sites for hydroxylation is 1. The normalized spacial score (nSPS) is 14.6. The summed E-state index contributed by atoms with van der Waals surface area (Å²) in [5.74, 6) is -0.796. The minimum Gasteiger partial charge on any atom is -0.352 e. The molecular formula is C32H36BrCl2N3O4S. The summed E-state index contributed by atoms with van der Waals surface area (Å²) in [5.41, 5.74) is 1.82. The lowest BCUT2D eigenvalue weighted by Gasteiger charge is -2.34. The van der Waals surface area contributed by atoms with Gasteiger partial charge in [0, 0.05) is 27.1 Å². The fraction of sp³-hybridized carbons (Fsp3) is 0.375. The monoisotopic (exact) mass is 707 g/mol. The van der Waals surface area contributed by atoms with Crippen molar-refractivity contribution in [2.75, 3.05) is 10.8 Å². The number of amides is 2. The van der Waals surface area contributed by atoms with Crippen LogP contribution >= 0.6 is 39.1 Å². The molecule has 0 heterocycles. The molecule has 1 aliphatic rings. The maximum Gasteiger partial charge on any atom is 0.264 e. The molecule has 11 heteroatoms. The molecule has 1 atom stereocenters. The summed E-state index contributed by atoms with van der Waals surface area (Å²) in [7, 11) is -4.16. The van der Waals surface area contributed by atoms with Crippen molar-refractivity contribution in [1.29, 1.82) is 0 Å². The molecule has 43 heavy (non-hydrogen) atoms. The molecule has 2 amide bonds. The van der Waals surface area contributed by atoms with Gasteiger partial charge in [0.05, 0.1) is 10.6 Å². The Morgan fingerprint density at radius 3 is 2.33 bits per heavy atom. The van der Waals surface area contributed by atoms with Gasteiger partial charge < -0.3 is 10.2 Å². The van der Waals surface area contributed by atoms with Crippen LogP contribution in [0.5, 0.6) is 0 Å². The van der Waals surface area contributed by atoms with Gasteiger partial charge >= 0.3 is 0 Å². The number of nitrogens with one attached hydrogen (secondary N) is 1. The lowest BCUT2D eigenvalue weighted by molar-refractivity contribution is -0.140. The van der Waals surface area contributed by atoms with E-state index in [0.29, 0.717) is 32.2 Å². The van der Waals surface area contributed by atoms with Gasteiger partial charge in [-0.25, -0.2) is 8.42 Å². The zero-order valence-electron chi connectivity index (χ0n) is 24.2. The van der Waals surface area contributed by atoms with Gasteiger partial charge in [-0.05, 0) is 74.2 Å². The molecule has 0 aliphatic heterocycles. The average Bonchev–Trinajstić information content (AvgIpc) is 2.97. The molecule has 3 aromatic rings. The number of nitrogens with zero attached hydrogens (tertiary/aromatic N) is 2. The molecule has 230 valence electrons. The number of anilines is 1. The quantitative estimate of drug-likeness (QED) is 0.223. The Hall–Kier alpha value is -2.59. The van der Waals surface area contributed by atoms with Gasteiger partial charge in [-0.1, -0.05) is 95.1 Å². The van der Waals surface area contributed by atoms with Gasteiger partial charge in [-0.15, -0.1) is 0 Å². The lowest BCUT2D eigenvalue weighted by atomic mass is 9.95. The van der Waals surface area contributed by atoms with E-state index in [4.69, 9.17) is 23.2 Å². The van der Waals surface area contributed by atoms with Crippen molar-refractivity contribution in [3.8, 4) is 0 Å². The van der Waals surface area contributed by atoms with Gasteiger partial charge in [0.15, 0.2) is 0 Å². The molecule has 3 aromatic carbocycles. The Labute approximate surface area is 272 Å². The highest BCUT2D eigenvalue weighted by molar-refractivity contribution is 9.10.